The molecule has 0 aromatic carbocycles. The number of nitrogens with zero attached hydrogens (tertiary/aromatic N) is 1. The van der Waals surface area contributed by atoms with Crippen molar-refractivity contribution in [2.24, 2.45) is 5.73 Å². The highest BCUT2D eigenvalue weighted by Crippen LogP contribution is 2.10. The Bertz CT molecular complexity index is 576. The molecule has 0 bridgehead atoms. The van der Waals surface area contributed by atoms with Crippen molar-refractivity contribution in [3.05, 3.63) is 0 Å². The van der Waals surface area contributed by atoms with Gasteiger partial charge in [-0.3, -0.25) is 9.59 Å². The molecule has 0 radical (unpaired) electrons. The van der Waals surface area contributed by atoms with Gasteiger partial charge in [0, 0.05) is 52.1 Å². The first-order chi connectivity index (χ1) is 20.6. The standard InChI is InChI=1S/C35H73N5O2/c1-3-5-7-9-11-13-15-17-21-27-38-34(41)24-29-37-30-33-40(31-23-19-20-26-36)32-25-35(42)39-28-22-18-16-14-12-10-8-6-4-2/h37H,3-33,36H2,1-2H3,(H,38,41)(H,39,42). The number of carbonyl (C=O) groups is 2. The minimum Gasteiger partial charge on any atom is -0.356 e. The molecular weight excluding hydrogens is 522 g/mol. The number of nitrogens with one attached hydrogen (secondary N) is 3. The number of carbonyl (C=O) groups excluding carboxylic acids is 2. The second kappa shape index (κ2) is 34.3. The molecule has 42 heavy (non-hydrogen) atoms. The summed E-state index contributed by atoms with van der Waals surface area (Å²) in [6.45, 7) is 11.1. The van der Waals surface area contributed by atoms with Crippen LogP contribution in [0.4, 0.5) is 0 Å². The Morgan fingerprint density at radius 3 is 1.43 bits per heavy atom. The van der Waals surface area contributed by atoms with Crippen LogP contribution in [0.15, 0.2) is 0 Å². The number of nitrogens with two attached hydrogens (primary N) is 1. The minimum absolute atomic E-state index is 0.143. The van der Waals surface area contributed by atoms with Crippen molar-refractivity contribution in [1.29, 1.82) is 0 Å². The van der Waals surface area contributed by atoms with Crippen LogP contribution < -0.4 is 21.7 Å². The lowest BCUT2D eigenvalue weighted by molar-refractivity contribution is -0.122. The third-order valence-corrected chi connectivity index (χ3v) is 8.17. The quantitative estimate of drug-likeness (QED) is 0.0596. The van der Waals surface area contributed by atoms with Gasteiger partial charge in [0.1, 0.15) is 0 Å². The highest BCUT2D eigenvalue weighted by atomic mass is 16.2. The monoisotopic (exact) mass is 596 g/mol. The molecule has 0 fully saturated rings. The van der Waals surface area contributed by atoms with Crippen molar-refractivity contribution in [1.82, 2.24) is 20.9 Å². The summed E-state index contributed by atoms with van der Waals surface area (Å²) >= 11 is 0. The maximum Gasteiger partial charge on any atom is 0.221 e. The summed E-state index contributed by atoms with van der Waals surface area (Å²) < 4.78 is 0. The molecule has 7 nitrogen and oxygen atoms in total. The van der Waals surface area contributed by atoms with Crippen molar-refractivity contribution in [2.45, 2.75) is 162 Å². The van der Waals surface area contributed by atoms with E-state index in [1.807, 2.05) is 0 Å². The lowest BCUT2D eigenvalue weighted by Crippen LogP contribution is -2.37. The largest absolute Gasteiger partial charge is 0.356 e. The highest BCUT2D eigenvalue weighted by Gasteiger charge is 2.09. The van der Waals surface area contributed by atoms with Crippen molar-refractivity contribution >= 4 is 11.8 Å². The molecule has 0 saturated heterocycles. The summed E-state index contributed by atoms with van der Waals surface area (Å²) in [6.07, 6.45) is 27.8. The van der Waals surface area contributed by atoms with E-state index in [9.17, 15) is 9.59 Å². The number of amides is 2. The molecule has 0 aromatic rings. The Morgan fingerprint density at radius 1 is 0.476 bits per heavy atom. The van der Waals surface area contributed by atoms with Gasteiger partial charge in [-0.05, 0) is 38.8 Å². The zero-order valence-electron chi connectivity index (χ0n) is 28.3. The summed E-state index contributed by atoms with van der Waals surface area (Å²) in [4.78, 5) is 26.9. The van der Waals surface area contributed by atoms with E-state index in [0.29, 0.717) is 19.4 Å². The highest BCUT2D eigenvalue weighted by molar-refractivity contribution is 5.76. The van der Waals surface area contributed by atoms with Gasteiger partial charge in [0.2, 0.25) is 11.8 Å². The molecule has 0 heterocycles. The zero-order chi connectivity index (χ0) is 30.8. The Hall–Kier alpha value is -1.18. The molecule has 0 saturated carbocycles. The molecule has 0 aromatic heterocycles. The van der Waals surface area contributed by atoms with Crippen LogP contribution in [0.2, 0.25) is 0 Å². The topological polar surface area (TPSA) is 99.5 Å². The summed E-state index contributed by atoms with van der Waals surface area (Å²) in [5.41, 5.74) is 5.66. The van der Waals surface area contributed by atoms with Crippen LogP contribution in [0.5, 0.6) is 0 Å². The predicted molar refractivity (Wildman–Crippen MR) is 182 cm³/mol. The maximum atomic E-state index is 12.4. The van der Waals surface area contributed by atoms with Crippen molar-refractivity contribution < 1.29 is 9.59 Å². The van der Waals surface area contributed by atoms with E-state index in [1.165, 1.54) is 103 Å². The molecule has 2 amide bonds. The Kier molecular flexibility index (Phi) is 33.3. The minimum atomic E-state index is 0.143. The van der Waals surface area contributed by atoms with Crippen molar-refractivity contribution in [3.63, 3.8) is 0 Å². The molecule has 0 atom stereocenters. The van der Waals surface area contributed by atoms with Crippen LogP contribution in [0.1, 0.15) is 162 Å². The van der Waals surface area contributed by atoms with Crippen molar-refractivity contribution in [3.8, 4) is 0 Å². The second-order valence-electron chi connectivity index (χ2n) is 12.3. The first-order valence-electron chi connectivity index (χ1n) is 18.3. The SMILES string of the molecule is CCCCCCCCCCCNC(=O)CCNCCN(CCCCCN)CCC(=O)NCCCCCCCCCCC. The third-order valence-electron chi connectivity index (χ3n) is 8.17. The second-order valence-corrected chi connectivity index (χ2v) is 12.3. The molecule has 0 aliphatic carbocycles. The molecule has 250 valence electrons. The van der Waals surface area contributed by atoms with E-state index in [1.54, 1.807) is 0 Å². The van der Waals surface area contributed by atoms with Gasteiger partial charge in [0.05, 0.1) is 0 Å². The summed E-state index contributed by atoms with van der Waals surface area (Å²) in [7, 11) is 0. The van der Waals surface area contributed by atoms with Crippen LogP contribution in [-0.4, -0.2) is 69.1 Å². The van der Waals surface area contributed by atoms with Gasteiger partial charge < -0.3 is 26.6 Å². The smallest absolute Gasteiger partial charge is 0.221 e. The first kappa shape index (κ1) is 40.8. The number of rotatable bonds is 34. The molecule has 0 spiro atoms. The zero-order valence-corrected chi connectivity index (χ0v) is 28.3. The van der Waals surface area contributed by atoms with Crippen LogP contribution in [0, 0.1) is 0 Å². The van der Waals surface area contributed by atoms with E-state index in [2.05, 4.69) is 34.7 Å². The fourth-order valence-corrected chi connectivity index (χ4v) is 5.32. The van der Waals surface area contributed by atoms with Crippen LogP contribution in [-0.2, 0) is 9.59 Å². The lowest BCUT2D eigenvalue weighted by atomic mass is 10.1. The normalized spacial score (nSPS) is 11.3. The molecule has 0 rings (SSSR count). The first-order valence-corrected chi connectivity index (χ1v) is 18.3. The van der Waals surface area contributed by atoms with Gasteiger partial charge in [0.15, 0.2) is 0 Å². The Balaban J connectivity index is 3.87. The van der Waals surface area contributed by atoms with Gasteiger partial charge in [-0.15, -0.1) is 0 Å². The van der Waals surface area contributed by atoms with Crippen LogP contribution >= 0.6 is 0 Å². The van der Waals surface area contributed by atoms with E-state index in [-0.39, 0.29) is 11.8 Å². The van der Waals surface area contributed by atoms with Gasteiger partial charge >= 0.3 is 0 Å². The van der Waals surface area contributed by atoms with Crippen LogP contribution in [0.3, 0.4) is 0 Å². The lowest BCUT2D eigenvalue weighted by Gasteiger charge is -2.22. The molecule has 7 heteroatoms. The summed E-state index contributed by atoms with van der Waals surface area (Å²) in [6, 6.07) is 0. The molecule has 0 unspecified atom stereocenters. The molecule has 5 N–H and O–H groups in total. The predicted octanol–water partition coefficient (Wildman–Crippen LogP) is 7.08. The van der Waals surface area contributed by atoms with E-state index >= 15 is 0 Å². The molecule has 0 aliphatic heterocycles. The Labute approximate surface area is 261 Å². The van der Waals surface area contributed by atoms with Gasteiger partial charge in [-0.1, -0.05) is 123 Å². The number of hydrogen-bond acceptors (Lipinski definition) is 5. The van der Waals surface area contributed by atoms with E-state index in [4.69, 9.17) is 5.73 Å². The van der Waals surface area contributed by atoms with E-state index < -0.39 is 0 Å². The number of unbranched alkanes of at least 4 members (excludes halogenated alkanes) is 18. The fraction of sp³-hybridized carbons (Fsp3) is 0.943. The summed E-state index contributed by atoms with van der Waals surface area (Å²) in [5, 5.41) is 9.61. The van der Waals surface area contributed by atoms with Gasteiger partial charge in [-0.2, -0.15) is 0 Å². The average molecular weight is 596 g/mol. The third kappa shape index (κ3) is 31.7. The fourth-order valence-electron chi connectivity index (χ4n) is 5.32. The molecular formula is C35H73N5O2. The number of hydrogen-bond donors (Lipinski definition) is 4. The average Bonchev–Trinajstić information content (AvgIpc) is 2.99. The molecule has 0 aliphatic rings. The van der Waals surface area contributed by atoms with Crippen LogP contribution in [0.25, 0.3) is 0 Å². The maximum absolute atomic E-state index is 12.4. The van der Waals surface area contributed by atoms with Gasteiger partial charge in [-0.25, -0.2) is 0 Å². The van der Waals surface area contributed by atoms with E-state index in [0.717, 1.165) is 77.9 Å². The van der Waals surface area contributed by atoms with Crippen molar-refractivity contribution in [2.75, 3.05) is 52.4 Å². The Morgan fingerprint density at radius 2 is 0.929 bits per heavy atom. The van der Waals surface area contributed by atoms with Gasteiger partial charge in [0.25, 0.3) is 0 Å². The summed E-state index contributed by atoms with van der Waals surface area (Å²) in [5.74, 6) is 0.308.